The molecule has 2 rings (SSSR count). The highest BCUT2D eigenvalue weighted by molar-refractivity contribution is 7.89. The summed E-state index contributed by atoms with van der Waals surface area (Å²) in [6.45, 7) is 3.15. The quantitative estimate of drug-likeness (QED) is 0.789. The van der Waals surface area contributed by atoms with Crippen molar-refractivity contribution in [2.45, 2.75) is 25.3 Å². The van der Waals surface area contributed by atoms with Gasteiger partial charge in [-0.1, -0.05) is 5.16 Å². The summed E-state index contributed by atoms with van der Waals surface area (Å²) in [7, 11) is -3.65. The molecular formula is C8H11N5O3S. The highest BCUT2D eigenvalue weighted by atomic mass is 32.2. The van der Waals surface area contributed by atoms with Gasteiger partial charge in [0.25, 0.3) is 0 Å². The number of aryl methyl sites for hydroxylation is 2. The van der Waals surface area contributed by atoms with Crippen LogP contribution in [0.2, 0.25) is 0 Å². The fourth-order valence-electron chi connectivity index (χ4n) is 1.41. The number of hydrogen-bond acceptors (Lipinski definition) is 6. The third-order valence-corrected chi connectivity index (χ3v) is 3.78. The number of rotatable bonds is 4. The Labute approximate surface area is 97.5 Å². The number of aromatic amines is 1. The lowest BCUT2D eigenvalue weighted by Gasteiger charge is -2.03. The summed E-state index contributed by atoms with van der Waals surface area (Å²) < 4.78 is 31.1. The van der Waals surface area contributed by atoms with Crippen LogP contribution in [0.3, 0.4) is 0 Å². The van der Waals surface area contributed by atoms with Crippen molar-refractivity contribution in [1.82, 2.24) is 25.1 Å². The third kappa shape index (κ3) is 2.34. The zero-order valence-corrected chi connectivity index (χ0v) is 10.1. The Morgan fingerprint density at radius 2 is 2.24 bits per heavy atom. The lowest BCUT2D eigenvalue weighted by atomic mass is 10.4. The summed E-state index contributed by atoms with van der Waals surface area (Å²) in [5.74, 6) is 0.688. The van der Waals surface area contributed by atoms with Crippen LogP contribution in [-0.4, -0.2) is 28.8 Å². The SMILES string of the molecule is Cc1noc(C)c1S(=O)(=O)NCc1ncn[nH]1. The molecule has 0 amide bonds. The van der Waals surface area contributed by atoms with Crippen LogP contribution in [0.25, 0.3) is 0 Å². The maximum absolute atomic E-state index is 12.0. The topological polar surface area (TPSA) is 114 Å². The Balaban J connectivity index is 2.20. The van der Waals surface area contributed by atoms with Crippen molar-refractivity contribution in [2.75, 3.05) is 0 Å². The summed E-state index contributed by atoms with van der Waals surface area (Å²) in [5, 5.41) is 9.77. The van der Waals surface area contributed by atoms with E-state index in [1.54, 1.807) is 13.8 Å². The van der Waals surface area contributed by atoms with E-state index in [0.717, 1.165) is 0 Å². The van der Waals surface area contributed by atoms with Gasteiger partial charge in [-0.05, 0) is 13.8 Å². The first-order valence-electron chi connectivity index (χ1n) is 4.77. The molecule has 0 aliphatic heterocycles. The van der Waals surface area contributed by atoms with Gasteiger partial charge in [0.15, 0.2) is 5.76 Å². The van der Waals surface area contributed by atoms with Gasteiger partial charge in [-0.2, -0.15) is 5.10 Å². The van der Waals surface area contributed by atoms with E-state index in [0.29, 0.717) is 11.5 Å². The molecule has 17 heavy (non-hydrogen) atoms. The van der Waals surface area contributed by atoms with Gasteiger partial charge in [-0.25, -0.2) is 18.1 Å². The summed E-state index contributed by atoms with van der Waals surface area (Å²) in [6.07, 6.45) is 1.31. The zero-order chi connectivity index (χ0) is 12.5. The number of nitrogens with zero attached hydrogens (tertiary/aromatic N) is 3. The molecule has 8 nitrogen and oxygen atoms in total. The fraction of sp³-hybridized carbons (Fsp3) is 0.375. The van der Waals surface area contributed by atoms with Gasteiger partial charge in [0.1, 0.15) is 22.7 Å². The van der Waals surface area contributed by atoms with Crippen molar-refractivity contribution in [1.29, 1.82) is 0 Å². The zero-order valence-electron chi connectivity index (χ0n) is 9.26. The molecule has 0 unspecified atom stereocenters. The lowest BCUT2D eigenvalue weighted by Crippen LogP contribution is -2.24. The molecule has 0 radical (unpaired) electrons. The minimum Gasteiger partial charge on any atom is -0.360 e. The Kier molecular flexibility index (Phi) is 2.94. The van der Waals surface area contributed by atoms with Crippen LogP contribution in [-0.2, 0) is 16.6 Å². The first-order chi connectivity index (χ1) is 8.00. The molecule has 0 aliphatic rings. The molecule has 9 heteroatoms. The number of sulfonamides is 1. The molecule has 0 aromatic carbocycles. The van der Waals surface area contributed by atoms with Gasteiger partial charge in [0.05, 0.1) is 6.54 Å². The molecule has 92 valence electrons. The number of nitrogens with one attached hydrogen (secondary N) is 2. The predicted molar refractivity (Wildman–Crippen MR) is 56.4 cm³/mol. The maximum Gasteiger partial charge on any atom is 0.246 e. The molecular weight excluding hydrogens is 246 g/mol. The molecule has 0 atom stereocenters. The average molecular weight is 257 g/mol. The van der Waals surface area contributed by atoms with Crippen LogP contribution in [0.15, 0.2) is 15.7 Å². The van der Waals surface area contributed by atoms with Crippen molar-refractivity contribution < 1.29 is 12.9 Å². The van der Waals surface area contributed by atoms with E-state index < -0.39 is 10.0 Å². The lowest BCUT2D eigenvalue weighted by molar-refractivity contribution is 0.390. The van der Waals surface area contributed by atoms with Gasteiger partial charge in [0.2, 0.25) is 10.0 Å². The number of aromatic nitrogens is 4. The van der Waals surface area contributed by atoms with Crippen LogP contribution in [0.1, 0.15) is 17.3 Å². The second-order valence-electron chi connectivity index (χ2n) is 3.41. The van der Waals surface area contributed by atoms with Crippen molar-refractivity contribution in [3.8, 4) is 0 Å². The van der Waals surface area contributed by atoms with Crippen LogP contribution < -0.4 is 4.72 Å². The first-order valence-corrected chi connectivity index (χ1v) is 6.26. The van der Waals surface area contributed by atoms with E-state index in [-0.39, 0.29) is 17.2 Å². The van der Waals surface area contributed by atoms with Crippen LogP contribution >= 0.6 is 0 Å². The number of H-pyrrole nitrogens is 1. The smallest absolute Gasteiger partial charge is 0.246 e. The number of hydrogen-bond donors (Lipinski definition) is 2. The monoisotopic (exact) mass is 257 g/mol. The van der Waals surface area contributed by atoms with Crippen molar-refractivity contribution in [3.63, 3.8) is 0 Å². The minimum atomic E-state index is -3.65. The molecule has 2 aromatic heterocycles. The summed E-state index contributed by atoms with van der Waals surface area (Å²) >= 11 is 0. The Bertz CT molecular complexity index is 582. The molecule has 2 aromatic rings. The molecule has 0 fully saturated rings. The Morgan fingerprint density at radius 1 is 1.47 bits per heavy atom. The summed E-state index contributed by atoms with van der Waals surface area (Å²) in [6, 6.07) is 0. The molecule has 2 heterocycles. The van der Waals surface area contributed by atoms with Gasteiger partial charge >= 0.3 is 0 Å². The molecule has 0 saturated heterocycles. The molecule has 0 saturated carbocycles. The van der Waals surface area contributed by atoms with E-state index in [1.807, 2.05) is 0 Å². The standard InChI is InChI=1S/C8H11N5O3S/c1-5-8(6(2)16-13-5)17(14,15)11-3-7-9-4-10-12-7/h4,11H,3H2,1-2H3,(H,9,10,12). The van der Waals surface area contributed by atoms with Crippen LogP contribution in [0, 0.1) is 13.8 Å². The molecule has 0 bridgehead atoms. The summed E-state index contributed by atoms with van der Waals surface area (Å²) in [4.78, 5) is 3.88. The van der Waals surface area contributed by atoms with Crippen molar-refractivity contribution >= 4 is 10.0 Å². The van der Waals surface area contributed by atoms with Crippen molar-refractivity contribution in [3.05, 3.63) is 23.6 Å². The third-order valence-electron chi connectivity index (χ3n) is 2.13. The van der Waals surface area contributed by atoms with Crippen LogP contribution in [0.5, 0.6) is 0 Å². The largest absolute Gasteiger partial charge is 0.360 e. The summed E-state index contributed by atoms with van der Waals surface area (Å²) in [5.41, 5.74) is 0.326. The van der Waals surface area contributed by atoms with E-state index in [4.69, 9.17) is 4.52 Å². The second-order valence-corrected chi connectivity index (χ2v) is 5.11. The highest BCUT2D eigenvalue weighted by Crippen LogP contribution is 2.18. The average Bonchev–Trinajstić information content (AvgIpc) is 2.86. The maximum atomic E-state index is 12.0. The molecule has 0 spiro atoms. The van der Waals surface area contributed by atoms with Crippen molar-refractivity contribution in [2.24, 2.45) is 0 Å². The second kappa shape index (κ2) is 4.26. The predicted octanol–water partition coefficient (Wildman–Crippen LogP) is -0.112. The Morgan fingerprint density at radius 3 is 2.76 bits per heavy atom. The molecule has 2 N–H and O–H groups in total. The van der Waals surface area contributed by atoms with E-state index in [1.165, 1.54) is 6.33 Å². The minimum absolute atomic E-state index is 0.0341. The first kappa shape index (κ1) is 11.7. The van der Waals surface area contributed by atoms with Gasteiger partial charge in [0, 0.05) is 0 Å². The van der Waals surface area contributed by atoms with Gasteiger partial charge < -0.3 is 4.52 Å². The Hall–Kier alpha value is -1.74. The van der Waals surface area contributed by atoms with Gasteiger partial charge in [-0.15, -0.1) is 0 Å². The molecule has 0 aliphatic carbocycles. The highest BCUT2D eigenvalue weighted by Gasteiger charge is 2.23. The van der Waals surface area contributed by atoms with Crippen LogP contribution in [0.4, 0.5) is 0 Å². The van der Waals surface area contributed by atoms with Gasteiger partial charge in [-0.3, -0.25) is 5.10 Å². The fourth-order valence-corrected chi connectivity index (χ4v) is 2.72. The van der Waals surface area contributed by atoms with E-state index >= 15 is 0 Å². The van der Waals surface area contributed by atoms with E-state index in [9.17, 15) is 8.42 Å². The van der Waals surface area contributed by atoms with E-state index in [2.05, 4.69) is 25.1 Å². The normalized spacial score (nSPS) is 11.9.